The SMILES string of the molecule is CC[C@H]1CCCCN1CCCNC(=O)c1sc2nc(C)cc(C)c2c1-n1cccc1. The van der Waals surface area contributed by atoms with E-state index in [0.717, 1.165) is 51.0 Å². The Morgan fingerprint density at radius 2 is 2.07 bits per heavy atom. The Balaban J connectivity index is 1.49. The topological polar surface area (TPSA) is 50.2 Å². The van der Waals surface area contributed by atoms with Crippen molar-refractivity contribution in [2.24, 2.45) is 0 Å². The van der Waals surface area contributed by atoms with Gasteiger partial charge in [-0.25, -0.2) is 4.98 Å². The molecule has 0 bridgehead atoms. The summed E-state index contributed by atoms with van der Waals surface area (Å²) in [6.45, 7) is 9.36. The van der Waals surface area contributed by atoms with Gasteiger partial charge in [0.1, 0.15) is 9.71 Å². The molecule has 4 rings (SSSR count). The van der Waals surface area contributed by atoms with Crippen molar-refractivity contribution < 1.29 is 4.79 Å². The molecule has 1 atom stereocenters. The Morgan fingerprint density at radius 3 is 2.83 bits per heavy atom. The van der Waals surface area contributed by atoms with E-state index in [1.807, 2.05) is 36.0 Å². The minimum atomic E-state index is 0.00411. The summed E-state index contributed by atoms with van der Waals surface area (Å²) in [5.74, 6) is 0.00411. The van der Waals surface area contributed by atoms with E-state index < -0.39 is 0 Å². The standard InChI is InChI=1S/C24H32N4OS/c1-4-19-10-5-6-12-27(19)15-9-11-25-23(29)22-21(28-13-7-8-14-28)20-17(2)16-18(3)26-24(20)30-22/h7-8,13-14,16,19H,4-6,9-12,15H2,1-3H3,(H,25,29)/t19-/m0/s1. The first kappa shape index (κ1) is 21.1. The van der Waals surface area contributed by atoms with Crippen LogP contribution in [0.1, 0.15) is 60.0 Å². The lowest BCUT2D eigenvalue weighted by Crippen LogP contribution is -2.40. The summed E-state index contributed by atoms with van der Waals surface area (Å²) in [6, 6.07) is 6.79. The second-order valence-electron chi connectivity index (χ2n) is 8.33. The lowest BCUT2D eigenvalue weighted by atomic mass is 10.00. The molecule has 1 saturated heterocycles. The molecule has 6 heteroatoms. The Bertz CT molecular complexity index is 1010. The van der Waals surface area contributed by atoms with Crippen LogP contribution in [0, 0.1) is 13.8 Å². The largest absolute Gasteiger partial charge is 0.351 e. The third kappa shape index (κ3) is 4.30. The number of aryl methyl sites for hydroxylation is 2. The molecule has 1 aliphatic heterocycles. The molecule has 1 amide bonds. The van der Waals surface area contributed by atoms with Crippen LogP contribution in [0.25, 0.3) is 15.9 Å². The van der Waals surface area contributed by atoms with E-state index in [2.05, 4.69) is 30.1 Å². The molecule has 0 aromatic carbocycles. The highest BCUT2D eigenvalue weighted by Crippen LogP contribution is 2.35. The Morgan fingerprint density at radius 1 is 1.27 bits per heavy atom. The minimum absolute atomic E-state index is 0.00411. The normalized spacial score (nSPS) is 17.5. The minimum Gasteiger partial charge on any atom is -0.351 e. The van der Waals surface area contributed by atoms with Crippen LogP contribution in [0.3, 0.4) is 0 Å². The molecule has 4 heterocycles. The fraction of sp³-hybridized carbons (Fsp3) is 0.500. The summed E-state index contributed by atoms with van der Waals surface area (Å²) in [7, 11) is 0. The van der Waals surface area contributed by atoms with E-state index in [1.165, 1.54) is 43.6 Å². The van der Waals surface area contributed by atoms with Gasteiger partial charge in [0.25, 0.3) is 5.91 Å². The monoisotopic (exact) mass is 424 g/mol. The van der Waals surface area contributed by atoms with E-state index >= 15 is 0 Å². The Labute approximate surface area is 183 Å². The number of hydrogen-bond donors (Lipinski definition) is 1. The van der Waals surface area contributed by atoms with Gasteiger partial charge in [0, 0.05) is 42.6 Å². The van der Waals surface area contributed by atoms with Crippen molar-refractivity contribution in [3.8, 4) is 5.69 Å². The summed E-state index contributed by atoms with van der Waals surface area (Å²) in [6.07, 6.45) is 10.2. The molecule has 0 saturated carbocycles. The van der Waals surface area contributed by atoms with E-state index in [1.54, 1.807) is 0 Å². The quantitative estimate of drug-likeness (QED) is 0.538. The molecular formula is C24H32N4OS. The fourth-order valence-corrected chi connectivity index (χ4v) is 5.90. The first-order chi connectivity index (χ1) is 14.6. The van der Waals surface area contributed by atoms with Crippen LogP contribution in [0.4, 0.5) is 0 Å². The molecule has 1 fully saturated rings. The zero-order valence-electron chi connectivity index (χ0n) is 18.3. The maximum atomic E-state index is 13.1. The number of nitrogens with zero attached hydrogens (tertiary/aromatic N) is 3. The highest BCUT2D eigenvalue weighted by molar-refractivity contribution is 7.21. The van der Waals surface area contributed by atoms with Crippen LogP contribution >= 0.6 is 11.3 Å². The molecule has 0 aliphatic carbocycles. The lowest BCUT2D eigenvalue weighted by Gasteiger charge is -2.35. The molecule has 160 valence electrons. The van der Waals surface area contributed by atoms with Gasteiger partial charge >= 0.3 is 0 Å². The number of thiophene rings is 1. The maximum absolute atomic E-state index is 13.1. The van der Waals surface area contributed by atoms with Crippen molar-refractivity contribution in [2.45, 2.75) is 58.9 Å². The number of fused-ring (bicyclic) bond motifs is 1. The number of pyridine rings is 1. The van der Waals surface area contributed by atoms with Crippen molar-refractivity contribution in [3.05, 3.63) is 46.7 Å². The highest BCUT2D eigenvalue weighted by Gasteiger charge is 2.23. The summed E-state index contributed by atoms with van der Waals surface area (Å²) < 4.78 is 2.04. The molecule has 0 radical (unpaired) electrons. The predicted molar refractivity (Wildman–Crippen MR) is 125 cm³/mol. The number of aromatic nitrogens is 2. The van der Waals surface area contributed by atoms with Crippen LogP contribution in [-0.2, 0) is 0 Å². The van der Waals surface area contributed by atoms with Gasteiger partial charge < -0.3 is 14.8 Å². The zero-order chi connectivity index (χ0) is 21.1. The number of hydrogen-bond acceptors (Lipinski definition) is 4. The third-order valence-corrected chi connectivity index (χ3v) is 7.23. The first-order valence-corrected chi connectivity index (χ1v) is 12.0. The molecule has 30 heavy (non-hydrogen) atoms. The molecule has 0 unspecified atom stereocenters. The van der Waals surface area contributed by atoms with Crippen LogP contribution < -0.4 is 5.32 Å². The van der Waals surface area contributed by atoms with Crippen LogP contribution in [0.2, 0.25) is 0 Å². The van der Waals surface area contributed by atoms with E-state index in [-0.39, 0.29) is 5.91 Å². The number of nitrogens with one attached hydrogen (secondary N) is 1. The van der Waals surface area contributed by atoms with Crippen molar-refractivity contribution in [2.75, 3.05) is 19.6 Å². The Hall–Kier alpha value is -2.18. The number of rotatable bonds is 7. The lowest BCUT2D eigenvalue weighted by molar-refractivity contribution is 0.0951. The van der Waals surface area contributed by atoms with E-state index in [9.17, 15) is 4.79 Å². The molecule has 5 nitrogen and oxygen atoms in total. The summed E-state index contributed by atoms with van der Waals surface area (Å²) in [4.78, 5) is 22.1. The average molecular weight is 425 g/mol. The van der Waals surface area contributed by atoms with Gasteiger partial charge in [0.15, 0.2) is 0 Å². The molecule has 1 aliphatic rings. The number of carbonyl (C=O) groups excluding carboxylic acids is 1. The molecule has 3 aromatic heterocycles. The van der Waals surface area contributed by atoms with Crippen molar-refractivity contribution in [3.63, 3.8) is 0 Å². The van der Waals surface area contributed by atoms with Crippen LogP contribution in [-0.4, -0.2) is 46.0 Å². The van der Waals surface area contributed by atoms with Gasteiger partial charge in [-0.15, -0.1) is 11.3 Å². The Kier molecular flexibility index (Phi) is 6.54. The second-order valence-corrected chi connectivity index (χ2v) is 9.33. The van der Waals surface area contributed by atoms with Gasteiger partial charge in [0.2, 0.25) is 0 Å². The van der Waals surface area contributed by atoms with Crippen molar-refractivity contribution in [1.29, 1.82) is 0 Å². The van der Waals surface area contributed by atoms with Crippen LogP contribution in [0.15, 0.2) is 30.6 Å². The highest BCUT2D eigenvalue weighted by atomic mass is 32.1. The molecule has 3 aromatic rings. The predicted octanol–water partition coefficient (Wildman–Crippen LogP) is 5.09. The maximum Gasteiger partial charge on any atom is 0.263 e. The first-order valence-electron chi connectivity index (χ1n) is 11.1. The number of piperidine rings is 1. The number of amides is 1. The van der Waals surface area contributed by atoms with Crippen molar-refractivity contribution >= 4 is 27.5 Å². The third-order valence-electron chi connectivity index (χ3n) is 6.16. The second kappa shape index (κ2) is 9.31. The summed E-state index contributed by atoms with van der Waals surface area (Å²) >= 11 is 1.49. The van der Waals surface area contributed by atoms with Gasteiger partial charge in [-0.1, -0.05) is 13.3 Å². The van der Waals surface area contributed by atoms with Crippen molar-refractivity contribution in [1.82, 2.24) is 19.8 Å². The molecular weight excluding hydrogens is 392 g/mol. The van der Waals surface area contributed by atoms with E-state index in [0.29, 0.717) is 6.54 Å². The molecule has 1 N–H and O–H groups in total. The molecule has 0 spiro atoms. The smallest absolute Gasteiger partial charge is 0.263 e. The van der Waals surface area contributed by atoms with Crippen LogP contribution in [0.5, 0.6) is 0 Å². The van der Waals surface area contributed by atoms with Gasteiger partial charge in [-0.3, -0.25) is 4.79 Å². The van der Waals surface area contributed by atoms with Gasteiger partial charge in [-0.05, 0) is 69.8 Å². The summed E-state index contributed by atoms with van der Waals surface area (Å²) in [5.41, 5.74) is 3.09. The van der Waals surface area contributed by atoms with E-state index in [4.69, 9.17) is 4.98 Å². The average Bonchev–Trinajstić information content (AvgIpc) is 3.38. The van der Waals surface area contributed by atoms with Gasteiger partial charge in [-0.2, -0.15) is 0 Å². The van der Waals surface area contributed by atoms with Gasteiger partial charge in [0.05, 0.1) is 5.69 Å². The zero-order valence-corrected chi connectivity index (χ0v) is 19.1. The summed E-state index contributed by atoms with van der Waals surface area (Å²) in [5, 5.41) is 4.25. The number of likely N-dealkylation sites (tertiary alicyclic amines) is 1. The number of carbonyl (C=O) groups is 1. The fourth-order valence-electron chi connectivity index (χ4n) is 4.69.